The van der Waals surface area contributed by atoms with Crippen LogP contribution in [-0.2, 0) is 33.6 Å². The first-order valence-electron chi connectivity index (χ1n) is 10.9. The molecule has 1 aromatic carbocycles. The van der Waals surface area contributed by atoms with Crippen LogP contribution >= 0.6 is 0 Å². The molecule has 18 heteroatoms. The fraction of sp³-hybridized carbons (Fsp3) is 0.600. The number of carbonyl (C=O) groups is 1. The average Bonchev–Trinajstić information content (AvgIpc) is 2.83. The number of aliphatic hydroxyl groups excluding tert-OH is 2. The Morgan fingerprint density at radius 2 is 1.84 bits per heavy atom. The molecule has 0 saturated carbocycles. The second-order valence-electron chi connectivity index (χ2n) is 7.72. The van der Waals surface area contributed by atoms with E-state index in [1.807, 2.05) is 0 Å². The van der Waals surface area contributed by atoms with Crippen LogP contribution in [0.1, 0.15) is 18.6 Å². The minimum absolute atomic E-state index is 0. The molecule has 1 aliphatic rings. The van der Waals surface area contributed by atoms with Gasteiger partial charge in [0.2, 0.25) is 5.91 Å². The summed E-state index contributed by atoms with van der Waals surface area (Å²) in [6.07, 6.45) is -5.75. The SMILES string of the molecule is CC([O-])=N[C@@H]1[C@@H](O)[C@H](O)[C@@H](COS(=O)(=O)O)O[C@H]1c1ccc(NC(=O)COCCOCCN=[N+]=[N-])cc1.[Na+]. The first-order chi connectivity index (χ1) is 17.5. The van der Waals surface area contributed by atoms with Crippen LogP contribution in [0.2, 0.25) is 0 Å². The molecular weight excluding hydrogens is 541 g/mol. The molecule has 1 saturated heterocycles. The largest absolute Gasteiger partial charge is 1.00 e. The summed E-state index contributed by atoms with van der Waals surface area (Å²) < 4.78 is 50.9. The van der Waals surface area contributed by atoms with Crippen molar-refractivity contribution in [1.82, 2.24) is 0 Å². The number of rotatable bonds is 14. The van der Waals surface area contributed by atoms with Gasteiger partial charge in [0, 0.05) is 17.1 Å². The summed E-state index contributed by atoms with van der Waals surface area (Å²) in [5.74, 6) is -1.08. The van der Waals surface area contributed by atoms with Crippen molar-refractivity contribution in [2.24, 2.45) is 10.1 Å². The van der Waals surface area contributed by atoms with Crippen LogP contribution < -0.4 is 40.0 Å². The summed E-state index contributed by atoms with van der Waals surface area (Å²) in [5.41, 5.74) is 8.94. The minimum atomic E-state index is -4.83. The van der Waals surface area contributed by atoms with Gasteiger partial charge in [-0.2, -0.15) is 8.42 Å². The van der Waals surface area contributed by atoms with Gasteiger partial charge in [-0.25, -0.2) is 4.18 Å². The number of ether oxygens (including phenoxy) is 3. The maximum Gasteiger partial charge on any atom is 1.00 e. The van der Waals surface area contributed by atoms with Crippen LogP contribution in [0.4, 0.5) is 5.69 Å². The molecule has 1 aliphatic heterocycles. The van der Waals surface area contributed by atoms with Crippen LogP contribution in [0.3, 0.4) is 0 Å². The summed E-state index contributed by atoms with van der Waals surface area (Å²) in [7, 11) is -4.83. The van der Waals surface area contributed by atoms with Crippen LogP contribution in [0.15, 0.2) is 34.4 Å². The number of hydrogen-bond acceptors (Lipinski definition) is 12. The zero-order valence-corrected chi connectivity index (χ0v) is 23.6. The maximum atomic E-state index is 12.1. The number of anilines is 1. The van der Waals surface area contributed by atoms with Gasteiger partial charge in [0.05, 0.1) is 26.4 Å². The predicted octanol–water partition coefficient (Wildman–Crippen LogP) is -3.90. The number of aliphatic imine (C=N–C) groups is 1. The summed E-state index contributed by atoms with van der Waals surface area (Å²) in [5, 5.41) is 38.3. The molecule has 16 nitrogen and oxygen atoms in total. The van der Waals surface area contributed by atoms with E-state index in [4.69, 9.17) is 24.3 Å². The fourth-order valence-corrected chi connectivity index (χ4v) is 3.67. The van der Waals surface area contributed by atoms with Gasteiger partial charge in [0.1, 0.15) is 37.1 Å². The third-order valence-electron chi connectivity index (χ3n) is 4.95. The molecular formula is C20H28N5NaO11S. The molecule has 38 heavy (non-hydrogen) atoms. The molecule has 5 atom stereocenters. The van der Waals surface area contributed by atoms with Crippen LogP contribution in [0, 0.1) is 0 Å². The van der Waals surface area contributed by atoms with Crippen molar-refractivity contribution in [3.63, 3.8) is 0 Å². The Balaban J connectivity index is 0.00000722. The predicted molar refractivity (Wildman–Crippen MR) is 125 cm³/mol. The number of carbonyl (C=O) groups excluding carboxylic acids is 1. The molecule has 2 rings (SSSR count). The van der Waals surface area contributed by atoms with Gasteiger partial charge in [-0.05, 0) is 36.0 Å². The quantitative estimate of drug-likeness (QED) is 0.0246. The number of azide groups is 1. The Hall–Kier alpha value is -1.86. The standard InChI is InChI=1S/C20H29N5O11S.Na/c1-12(26)23-17-19(29)18(28)15(10-35-37(30,31)32)36-20(17)13-2-4-14(5-3-13)24-16(27)11-34-9-8-33-7-6-22-25-21;/h2-5,15,17-20,28-29H,6-11H2,1H3,(H,23,26)(H,24,27)(H,30,31,32);/q;+1/p-1/t15-,17-,18-,19-,20+;/m1./s1. The third-order valence-corrected chi connectivity index (χ3v) is 5.39. The molecule has 0 aromatic heterocycles. The summed E-state index contributed by atoms with van der Waals surface area (Å²) in [6.45, 7) is 0.912. The monoisotopic (exact) mass is 569 g/mol. The van der Waals surface area contributed by atoms with E-state index in [-0.39, 0.29) is 62.5 Å². The molecule has 0 aliphatic carbocycles. The molecule has 206 valence electrons. The normalized spacial score (nSPS) is 23.7. The zero-order valence-electron chi connectivity index (χ0n) is 20.7. The van der Waals surface area contributed by atoms with Gasteiger partial charge in [-0.1, -0.05) is 17.2 Å². The molecule has 1 heterocycles. The summed E-state index contributed by atoms with van der Waals surface area (Å²) >= 11 is 0. The van der Waals surface area contributed by atoms with Crippen molar-refractivity contribution in [3.8, 4) is 0 Å². The Kier molecular flexibility index (Phi) is 15.3. The van der Waals surface area contributed by atoms with E-state index >= 15 is 0 Å². The van der Waals surface area contributed by atoms with Crippen LogP contribution in [0.5, 0.6) is 0 Å². The third kappa shape index (κ3) is 11.9. The van der Waals surface area contributed by atoms with Crippen molar-refractivity contribution in [1.29, 1.82) is 0 Å². The Morgan fingerprint density at radius 1 is 1.18 bits per heavy atom. The van der Waals surface area contributed by atoms with Gasteiger partial charge in [0.25, 0.3) is 0 Å². The van der Waals surface area contributed by atoms with Crippen molar-refractivity contribution < 1.29 is 81.0 Å². The maximum absolute atomic E-state index is 12.1. The average molecular weight is 570 g/mol. The minimum Gasteiger partial charge on any atom is -0.862 e. The molecule has 1 fully saturated rings. The Morgan fingerprint density at radius 3 is 2.45 bits per heavy atom. The zero-order chi connectivity index (χ0) is 27.4. The molecule has 0 spiro atoms. The van der Waals surface area contributed by atoms with E-state index in [0.29, 0.717) is 11.3 Å². The van der Waals surface area contributed by atoms with E-state index in [2.05, 4.69) is 24.5 Å². The number of aliphatic hydroxyl groups is 2. The van der Waals surface area contributed by atoms with Crippen molar-refractivity contribution in [3.05, 3.63) is 40.3 Å². The second kappa shape index (κ2) is 17.0. The number of nitrogens with zero attached hydrogens (tertiary/aromatic N) is 4. The van der Waals surface area contributed by atoms with E-state index < -0.39 is 59.3 Å². The number of amides is 1. The number of hydrogen-bond donors (Lipinski definition) is 4. The molecule has 0 radical (unpaired) electrons. The van der Waals surface area contributed by atoms with Gasteiger partial charge in [-0.3, -0.25) is 14.3 Å². The molecule has 4 N–H and O–H groups in total. The van der Waals surface area contributed by atoms with Gasteiger partial charge >= 0.3 is 40.0 Å². The van der Waals surface area contributed by atoms with Gasteiger partial charge in [0.15, 0.2) is 0 Å². The first-order valence-corrected chi connectivity index (χ1v) is 12.3. The summed E-state index contributed by atoms with van der Waals surface area (Å²) in [6, 6.07) is 4.85. The van der Waals surface area contributed by atoms with E-state index in [1.165, 1.54) is 24.3 Å². The number of nitrogens with one attached hydrogen (secondary N) is 1. The Bertz CT molecular complexity index is 1070. The van der Waals surface area contributed by atoms with Crippen molar-refractivity contribution in [2.45, 2.75) is 37.4 Å². The van der Waals surface area contributed by atoms with Crippen molar-refractivity contribution >= 4 is 27.9 Å². The number of benzene rings is 1. The van der Waals surface area contributed by atoms with E-state index in [9.17, 15) is 28.5 Å². The smallest absolute Gasteiger partial charge is 0.862 e. The van der Waals surface area contributed by atoms with E-state index in [0.717, 1.165) is 6.92 Å². The van der Waals surface area contributed by atoms with E-state index in [1.54, 1.807) is 0 Å². The first kappa shape index (κ1) is 34.2. The molecule has 0 unspecified atom stereocenters. The molecule has 1 amide bonds. The molecule has 1 aromatic rings. The van der Waals surface area contributed by atoms with Gasteiger partial charge < -0.3 is 34.8 Å². The van der Waals surface area contributed by atoms with Gasteiger partial charge in [-0.15, -0.1) is 0 Å². The van der Waals surface area contributed by atoms with Crippen molar-refractivity contribution in [2.75, 3.05) is 44.9 Å². The van der Waals surface area contributed by atoms with Crippen LogP contribution in [-0.4, -0.2) is 98.9 Å². The topological polar surface area (TPSA) is 245 Å². The van der Waals surface area contributed by atoms with Crippen LogP contribution in [0.25, 0.3) is 10.4 Å². The second-order valence-corrected chi connectivity index (χ2v) is 8.81. The fourth-order valence-electron chi connectivity index (χ4n) is 3.36. The molecule has 0 bridgehead atoms. The summed E-state index contributed by atoms with van der Waals surface area (Å²) in [4.78, 5) is 18.5. The Labute approximate surface area is 240 Å².